The lowest BCUT2D eigenvalue weighted by atomic mass is 9.89. The number of rotatable bonds is 11. The SMILES string of the molecule is NC(Cc1ccc(O)c(-c2cc(CC(N)C(=O)O)c(O)c(-c3cccc(CC(N)C(=O)O)c3O)c2)c1)C(=O)O. The molecule has 0 radical (unpaired) electrons. The average Bonchev–Trinajstić information content (AvgIpc) is 2.87. The van der Waals surface area contributed by atoms with Gasteiger partial charge in [0, 0.05) is 29.5 Å². The first-order valence-electron chi connectivity index (χ1n) is 11.7. The van der Waals surface area contributed by atoms with Gasteiger partial charge in [-0.25, -0.2) is 0 Å². The van der Waals surface area contributed by atoms with Crippen LogP contribution in [0.2, 0.25) is 0 Å². The van der Waals surface area contributed by atoms with E-state index in [1.165, 1.54) is 48.5 Å². The molecule has 0 bridgehead atoms. The standard InChI is InChI=1S/C27H29N3O9/c28-19(25(34)35)7-12-4-5-22(31)17(6-12)14-8-15(11-21(30)27(38)39)24(33)18(9-14)16-3-1-2-13(23(16)32)10-20(29)26(36)37/h1-6,8-9,19-21,31-33H,7,10-11,28-30H2,(H,34,35)(H,36,37)(H,38,39). The molecule has 0 fully saturated rings. The lowest BCUT2D eigenvalue weighted by Gasteiger charge is -2.18. The molecule has 0 saturated heterocycles. The number of hydrogen-bond acceptors (Lipinski definition) is 9. The zero-order valence-corrected chi connectivity index (χ0v) is 20.6. The molecule has 0 amide bonds. The second-order valence-electron chi connectivity index (χ2n) is 9.14. The smallest absolute Gasteiger partial charge is 0.320 e. The molecule has 3 aromatic carbocycles. The Morgan fingerprint density at radius 2 is 1.15 bits per heavy atom. The normalized spacial score (nSPS) is 13.4. The number of carbonyl (C=O) groups is 3. The summed E-state index contributed by atoms with van der Waals surface area (Å²) < 4.78 is 0. The summed E-state index contributed by atoms with van der Waals surface area (Å²) in [5, 5.41) is 60.3. The first-order valence-corrected chi connectivity index (χ1v) is 11.7. The molecule has 0 aliphatic rings. The third-order valence-electron chi connectivity index (χ3n) is 6.26. The van der Waals surface area contributed by atoms with Crippen LogP contribution >= 0.6 is 0 Å². The van der Waals surface area contributed by atoms with Crippen molar-refractivity contribution >= 4 is 17.9 Å². The van der Waals surface area contributed by atoms with Gasteiger partial charge in [0.05, 0.1) is 0 Å². The van der Waals surface area contributed by atoms with Crippen molar-refractivity contribution in [1.29, 1.82) is 0 Å². The monoisotopic (exact) mass is 539 g/mol. The lowest BCUT2D eigenvalue weighted by molar-refractivity contribution is -0.139. The van der Waals surface area contributed by atoms with Crippen LogP contribution in [0.25, 0.3) is 22.3 Å². The van der Waals surface area contributed by atoms with Crippen molar-refractivity contribution in [2.45, 2.75) is 37.4 Å². The first-order chi connectivity index (χ1) is 18.3. The lowest BCUT2D eigenvalue weighted by Crippen LogP contribution is -2.32. The van der Waals surface area contributed by atoms with Crippen LogP contribution in [-0.2, 0) is 33.6 Å². The average molecular weight is 540 g/mol. The Bertz CT molecular complexity index is 1420. The largest absolute Gasteiger partial charge is 0.507 e. The molecule has 206 valence electrons. The summed E-state index contributed by atoms with van der Waals surface area (Å²) >= 11 is 0. The van der Waals surface area contributed by atoms with Crippen LogP contribution in [0.3, 0.4) is 0 Å². The highest BCUT2D eigenvalue weighted by Crippen LogP contribution is 2.43. The van der Waals surface area contributed by atoms with Crippen LogP contribution in [0.5, 0.6) is 17.2 Å². The highest BCUT2D eigenvalue weighted by atomic mass is 16.4. The second-order valence-corrected chi connectivity index (χ2v) is 9.14. The first kappa shape index (κ1) is 28.9. The minimum absolute atomic E-state index is 0.0447. The highest BCUT2D eigenvalue weighted by molar-refractivity contribution is 5.85. The Morgan fingerprint density at radius 3 is 1.74 bits per heavy atom. The number of carboxylic acids is 3. The van der Waals surface area contributed by atoms with Gasteiger partial charge in [0.2, 0.25) is 0 Å². The molecule has 0 spiro atoms. The Labute approximate surface area is 222 Å². The number of benzene rings is 3. The van der Waals surface area contributed by atoms with Gasteiger partial charge < -0.3 is 47.8 Å². The summed E-state index contributed by atoms with van der Waals surface area (Å²) in [7, 11) is 0. The predicted octanol–water partition coefficient (Wildman–Crippen LogP) is 1.00. The Morgan fingerprint density at radius 1 is 0.615 bits per heavy atom. The molecule has 0 heterocycles. The van der Waals surface area contributed by atoms with Gasteiger partial charge >= 0.3 is 17.9 Å². The molecule has 0 aliphatic heterocycles. The fourth-order valence-corrected chi connectivity index (χ4v) is 4.12. The molecule has 0 aliphatic carbocycles. The van der Waals surface area contributed by atoms with Crippen LogP contribution in [0, 0.1) is 0 Å². The van der Waals surface area contributed by atoms with Crippen molar-refractivity contribution < 1.29 is 45.0 Å². The summed E-state index contributed by atoms with van der Waals surface area (Å²) in [5.41, 5.74) is 18.4. The number of para-hydroxylation sites is 1. The van der Waals surface area contributed by atoms with Gasteiger partial charge in [-0.15, -0.1) is 0 Å². The van der Waals surface area contributed by atoms with E-state index in [0.29, 0.717) is 11.1 Å². The van der Waals surface area contributed by atoms with E-state index < -0.39 is 36.0 Å². The van der Waals surface area contributed by atoms with Crippen LogP contribution in [0.1, 0.15) is 16.7 Å². The van der Waals surface area contributed by atoms with Crippen LogP contribution < -0.4 is 17.2 Å². The summed E-state index contributed by atoms with van der Waals surface area (Å²) in [4.78, 5) is 33.9. The topological polar surface area (TPSA) is 251 Å². The second kappa shape index (κ2) is 11.8. The zero-order chi connectivity index (χ0) is 29.0. The number of aliphatic carboxylic acids is 3. The number of phenolic OH excluding ortho intramolecular Hbond substituents is 3. The summed E-state index contributed by atoms with van der Waals surface area (Å²) in [6.07, 6.45) is -0.563. The van der Waals surface area contributed by atoms with E-state index in [9.17, 15) is 34.8 Å². The number of hydrogen-bond donors (Lipinski definition) is 9. The van der Waals surface area contributed by atoms with Gasteiger partial charge in [0.1, 0.15) is 35.4 Å². The summed E-state index contributed by atoms with van der Waals surface area (Å²) in [5.74, 6) is -4.72. The highest BCUT2D eigenvalue weighted by Gasteiger charge is 2.23. The van der Waals surface area contributed by atoms with E-state index in [-0.39, 0.29) is 64.3 Å². The molecule has 3 rings (SSSR count). The maximum Gasteiger partial charge on any atom is 0.320 e. The predicted molar refractivity (Wildman–Crippen MR) is 140 cm³/mol. The number of phenols is 3. The molecule has 12 N–H and O–H groups in total. The number of nitrogens with two attached hydrogens (primary N) is 3. The molecular formula is C27H29N3O9. The van der Waals surface area contributed by atoms with Crippen molar-refractivity contribution in [3.8, 4) is 39.5 Å². The van der Waals surface area contributed by atoms with Crippen LogP contribution in [-0.4, -0.2) is 66.7 Å². The molecule has 12 heteroatoms. The van der Waals surface area contributed by atoms with Crippen LogP contribution in [0.4, 0.5) is 0 Å². The zero-order valence-electron chi connectivity index (χ0n) is 20.6. The quantitative estimate of drug-likeness (QED) is 0.165. The third kappa shape index (κ3) is 6.62. The minimum Gasteiger partial charge on any atom is -0.507 e. The maximum absolute atomic E-state index is 11.4. The van der Waals surface area contributed by atoms with Crippen molar-refractivity contribution in [2.75, 3.05) is 0 Å². The molecule has 12 nitrogen and oxygen atoms in total. The van der Waals surface area contributed by atoms with E-state index >= 15 is 0 Å². The molecular weight excluding hydrogens is 510 g/mol. The van der Waals surface area contributed by atoms with Crippen LogP contribution in [0.15, 0.2) is 48.5 Å². The Hall–Kier alpha value is -4.65. The molecule has 0 aromatic heterocycles. The Kier molecular flexibility index (Phi) is 8.76. The van der Waals surface area contributed by atoms with E-state index in [1.54, 1.807) is 0 Å². The van der Waals surface area contributed by atoms with Crippen molar-refractivity contribution in [3.63, 3.8) is 0 Å². The number of carboxylic acid groups (broad SMARTS) is 3. The van der Waals surface area contributed by atoms with E-state index in [1.807, 2.05) is 0 Å². The van der Waals surface area contributed by atoms with E-state index in [2.05, 4.69) is 0 Å². The van der Waals surface area contributed by atoms with Crippen molar-refractivity contribution in [3.05, 3.63) is 65.2 Å². The Balaban J connectivity index is 2.22. The third-order valence-corrected chi connectivity index (χ3v) is 6.26. The number of aromatic hydroxyl groups is 3. The van der Waals surface area contributed by atoms with Gasteiger partial charge in [-0.2, -0.15) is 0 Å². The fourth-order valence-electron chi connectivity index (χ4n) is 4.12. The van der Waals surface area contributed by atoms with Gasteiger partial charge in [-0.1, -0.05) is 24.3 Å². The summed E-state index contributed by atoms with van der Waals surface area (Å²) in [6, 6.07) is 7.82. The van der Waals surface area contributed by atoms with Gasteiger partial charge in [0.15, 0.2) is 0 Å². The minimum atomic E-state index is -1.39. The van der Waals surface area contributed by atoms with Crippen molar-refractivity contribution in [1.82, 2.24) is 0 Å². The molecule has 3 aromatic rings. The van der Waals surface area contributed by atoms with Gasteiger partial charge in [-0.05, 0) is 52.9 Å². The van der Waals surface area contributed by atoms with E-state index in [0.717, 1.165) is 0 Å². The maximum atomic E-state index is 11.4. The van der Waals surface area contributed by atoms with Crippen molar-refractivity contribution in [2.24, 2.45) is 17.2 Å². The molecule has 3 unspecified atom stereocenters. The van der Waals surface area contributed by atoms with E-state index in [4.69, 9.17) is 27.4 Å². The molecule has 0 saturated carbocycles. The fraction of sp³-hybridized carbons (Fsp3) is 0.222. The summed E-state index contributed by atoms with van der Waals surface area (Å²) in [6.45, 7) is 0. The molecule has 3 atom stereocenters. The van der Waals surface area contributed by atoms with Gasteiger partial charge in [-0.3, -0.25) is 14.4 Å². The molecule has 39 heavy (non-hydrogen) atoms. The van der Waals surface area contributed by atoms with Gasteiger partial charge in [0.25, 0.3) is 0 Å².